The number of carbonyl (C=O) groups excluding carboxylic acids is 3. The molecule has 4 rings (SSSR count). The van der Waals surface area contributed by atoms with Gasteiger partial charge in [-0.3, -0.25) is 14.5 Å². The number of nitrogens with zero attached hydrogens (tertiary/aromatic N) is 1. The number of alkyl halides is 3. The number of hydrogen-bond acceptors (Lipinski definition) is 4. The molecule has 0 bridgehead atoms. The van der Waals surface area contributed by atoms with Crippen molar-refractivity contribution in [2.45, 2.75) is 18.8 Å². The second-order valence-electron chi connectivity index (χ2n) is 7.11. The molecule has 2 aromatic carbocycles. The Labute approximate surface area is 179 Å². The first-order chi connectivity index (χ1) is 15.2. The Morgan fingerprint density at radius 2 is 1.81 bits per heavy atom. The van der Waals surface area contributed by atoms with Crippen molar-refractivity contribution in [3.05, 3.63) is 60.3 Å². The molecule has 4 amide bonds. The minimum atomic E-state index is -4.82. The number of urea groups is 1. The predicted octanol–water partition coefficient (Wildman–Crippen LogP) is 3.17. The number of fused-ring (bicyclic) bond motifs is 1. The highest BCUT2D eigenvalue weighted by Gasteiger charge is 2.39. The second kappa shape index (κ2) is 8.25. The fourth-order valence-electron chi connectivity index (χ4n) is 3.47. The number of H-pyrrole nitrogens is 1. The van der Waals surface area contributed by atoms with Gasteiger partial charge in [0.1, 0.15) is 18.3 Å². The average Bonchev–Trinajstić information content (AvgIpc) is 3.25. The summed E-state index contributed by atoms with van der Waals surface area (Å²) < 4.78 is 40.4. The van der Waals surface area contributed by atoms with E-state index in [1.807, 2.05) is 24.3 Å². The Hall–Kier alpha value is -4.02. The number of rotatable bonds is 6. The summed E-state index contributed by atoms with van der Waals surface area (Å²) in [5.41, 5.74) is 1.95. The number of amides is 4. The summed E-state index contributed by atoms with van der Waals surface area (Å²) in [6.07, 6.45) is -2.80. The molecule has 166 valence electrons. The van der Waals surface area contributed by atoms with E-state index in [0.717, 1.165) is 33.5 Å². The van der Waals surface area contributed by atoms with E-state index in [1.54, 1.807) is 6.20 Å². The van der Waals surface area contributed by atoms with Gasteiger partial charge in [-0.1, -0.05) is 18.2 Å². The number of hydrogen-bond donors (Lipinski definition) is 3. The lowest BCUT2D eigenvalue weighted by molar-refractivity contribution is -0.274. The van der Waals surface area contributed by atoms with Crippen LogP contribution in [0.15, 0.2) is 54.7 Å². The number of para-hydroxylation sites is 1. The zero-order chi connectivity index (χ0) is 22.9. The third-order valence-electron chi connectivity index (χ3n) is 4.88. The molecule has 8 nitrogen and oxygen atoms in total. The molecule has 1 saturated heterocycles. The molecule has 11 heteroatoms. The van der Waals surface area contributed by atoms with E-state index in [2.05, 4.69) is 20.4 Å². The summed E-state index contributed by atoms with van der Waals surface area (Å²) >= 11 is 0. The summed E-state index contributed by atoms with van der Waals surface area (Å²) in [4.78, 5) is 41.1. The smallest absolute Gasteiger partial charge is 0.406 e. The van der Waals surface area contributed by atoms with Crippen molar-refractivity contribution >= 4 is 34.4 Å². The summed E-state index contributed by atoms with van der Waals surface area (Å²) in [7, 11) is 0. The van der Waals surface area contributed by atoms with Crippen molar-refractivity contribution in [3.8, 4) is 5.75 Å². The third kappa shape index (κ3) is 4.66. The van der Waals surface area contributed by atoms with Crippen LogP contribution in [-0.4, -0.2) is 46.7 Å². The predicted molar refractivity (Wildman–Crippen MR) is 108 cm³/mol. The summed E-state index contributed by atoms with van der Waals surface area (Å²) in [6.45, 7) is -0.532. The molecule has 0 radical (unpaired) electrons. The van der Waals surface area contributed by atoms with Crippen LogP contribution in [0.3, 0.4) is 0 Å². The van der Waals surface area contributed by atoms with Crippen LogP contribution in [-0.2, 0) is 16.0 Å². The van der Waals surface area contributed by atoms with E-state index in [1.165, 1.54) is 12.1 Å². The van der Waals surface area contributed by atoms with Crippen molar-refractivity contribution in [2.75, 3.05) is 11.9 Å². The number of aromatic amines is 1. The Morgan fingerprint density at radius 1 is 1.09 bits per heavy atom. The van der Waals surface area contributed by atoms with E-state index in [4.69, 9.17) is 0 Å². The molecule has 1 aliphatic heterocycles. The van der Waals surface area contributed by atoms with Gasteiger partial charge in [0.05, 0.1) is 0 Å². The van der Waals surface area contributed by atoms with E-state index < -0.39 is 42.5 Å². The maximum absolute atomic E-state index is 12.7. The Kier molecular flexibility index (Phi) is 5.47. The Bertz CT molecular complexity index is 1170. The van der Waals surface area contributed by atoms with Gasteiger partial charge in [-0.15, -0.1) is 13.2 Å². The number of carbonyl (C=O) groups is 3. The topological polar surface area (TPSA) is 104 Å². The highest BCUT2D eigenvalue weighted by Crippen LogP contribution is 2.24. The molecule has 2 heterocycles. The fraction of sp³-hybridized carbons (Fsp3) is 0.190. The molecule has 3 N–H and O–H groups in total. The molecule has 0 spiro atoms. The van der Waals surface area contributed by atoms with Crippen molar-refractivity contribution in [3.63, 3.8) is 0 Å². The standard InChI is InChI=1S/C21H17F3N4O4/c22-21(23,24)32-14-7-5-13(6-8-14)26-18(29)11-28-19(30)17(27-20(28)31)9-12-10-25-16-4-2-1-3-15(12)16/h1-8,10,17,25H,9,11H2,(H,26,29)(H,27,31)/t17-/m1/s1. The van der Waals surface area contributed by atoms with E-state index in [9.17, 15) is 27.6 Å². The van der Waals surface area contributed by atoms with E-state index >= 15 is 0 Å². The zero-order valence-corrected chi connectivity index (χ0v) is 16.4. The number of benzene rings is 2. The molecule has 1 fully saturated rings. The maximum atomic E-state index is 12.7. The van der Waals surface area contributed by atoms with Crippen LogP contribution >= 0.6 is 0 Å². The zero-order valence-electron chi connectivity index (χ0n) is 16.4. The van der Waals surface area contributed by atoms with Gasteiger partial charge in [-0.05, 0) is 35.9 Å². The molecular formula is C21H17F3N4O4. The van der Waals surface area contributed by atoms with Gasteiger partial charge in [0.2, 0.25) is 5.91 Å². The lowest BCUT2D eigenvalue weighted by Crippen LogP contribution is -2.38. The van der Waals surface area contributed by atoms with Gasteiger partial charge >= 0.3 is 12.4 Å². The highest BCUT2D eigenvalue weighted by atomic mass is 19.4. The summed E-state index contributed by atoms with van der Waals surface area (Å²) in [5.74, 6) is -1.65. The van der Waals surface area contributed by atoms with Crippen LogP contribution in [0, 0.1) is 0 Å². The number of imide groups is 1. The number of anilines is 1. The molecule has 1 aliphatic rings. The molecule has 0 unspecified atom stereocenters. The van der Waals surface area contributed by atoms with Gasteiger partial charge in [0.15, 0.2) is 0 Å². The lowest BCUT2D eigenvalue weighted by Gasteiger charge is -2.13. The SMILES string of the molecule is O=C(CN1C(=O)N[C@H](Cc2c[nH]c3ccccc23)C1=O)Nc1ccc(OC(F)(F)F)cc1. The van der Waals surface area contributed by atoms with E-state index in [-0.39, 0.29) is 12.1 Å². The molecule has 1 aromatic heterocycles. The molecule has 32 heavy (non-hydrogen) atoms. The summed E-state index contributed by atoms with van der Waals surface area (Å²) in [6, 6.07) is 10.5. The normalized spacial score (nSPS) is 16.3. The number of aromatic nitrogens is 1. The number of nitrogens with one attached hydrogen (secondary N) is 3. The van der Waals surface area contributed by atoms with E-state index in [0.29, 0.717) is 0 Å². The van der Waals surface area contributed by atoms with Crippen LogP contribution < -0.4 is 15.4 Å². The van der Waals surface area contributed by atoms with Crippen molar-refractivity contribution in [1.29, 1.82) is 0 Å². The maximum Gasteiger partial charge on any atom is 0.573 e. The quantitative estimate of drug-likeness (QED) is 0.506. The molecular weight excluding hydrogens is 429 g/mol. The van der Waals surface area contributed by atoms with Crippen LogP contribution in [0.1, 0.15) is 5.56 Å². The first-order valence-electron chi connectivity index (χ1n) is 9.52. The van der Waals surface area contributed by atoms with Crippen LogP contribution in [0.2, 0.25) is 0 Å². The number of halogens is 3. The number of ether oxygens (including phenoxy) is 1. The van der Waals surface area contributed by atoms with Gasteiger partial charge < -0.3 is 20.4 Å². The minimum Gasteiger partial charge on any atom is -0.406 e. The van der Waals surface area contributed by atoms with Gasteiger partial charge in [0.25, 0.3) is 5.91 Å². The van der Waals surface area contributed by atoms with Gasteiger partial charge in [-0.25, -0.2) is 4.79 Å². The minimum absolute atomic E-state index is 0.187. The van der Waals surface area contributed by atoms with Gasteiger partial charge in [-0.2, -0.15) is 0 Å². The third-order valence-corrected chi connectivity index (χ3v) is 4.88. The fourth-order valence-corrected chi connectivity index (χ4v) is 3.47. The van der Waals surface area contributed by atoms with Crippen molar-refractivity contribution < 1.29 is 32.3 Å². The second-order valence-corrected chi connectivity index (χ2v) is 7.11. The van der Waals surface area contributed by atoms with Crippen LogP contribution in [0.25, 0.3) is 10.9 Å². The molecule has 3 aromatic rings. The average molecular weight is 446 g/mol. The molecule has 0 saturated carbocycles. The Balaban J connectivity index is 1.36. The Morgan fingerprint density at radius 3 is 2.53 bits per heavy atom. The van der Waals surface area contributed by atoms with Crippen molar-refractivity contribution in [2.24, 2.45) is 0 Å². The summed E-state index contributed by atoms with van der Waals surface area (Å²) in [5, 5.41) is 5.94. The first kappa shape index (κ1) is 21.2. The van der Waals surface area contributed by atoms with Crippen LogP contribution in [0.4, 0.5) is 23.7 Å². The molecule has 0 aliphatic carbocycles. The first-order valence-corrected chi connectivity index (χ1v) is 9.52. The lowest BCUT2D eigenvalue weighted by atomic mass is 10.1. The van der Waals surface area contributed by atoms with Crippen LogP contribution in [0.5, 0.6) is 5.75 Å². The van der Waals surface area contributed by atoms with Gasteiger partial charge in [0, 0.05) is 29.2 Å². The monoisotopic (exact) mass is 446 g/mol. The van der Waals surface area contributed by atoms with Crippen molar-refractivity contribution in [1.82, 2.24) is 15.2 Å². The highest BCUT2D eigenvalue weighted by molar-refractivity contribution is 6.08. The largest absolute Gasteiger partial charge is 0.573 e. The molecule has 1 atom stereocenters.